The summed E-state index contributed by atoms with van der Waals surface area (Å²) in [7, 11) is 0. The summed E-state index contributed by atoms with van der Waals surface area (Å²) in [6.07, 6.45) is 1.54. The van der Waals surface area contributed by atoms with E-state index in [9.17, 15) is 9.59 Å². The summed E-state index contributed by atoms with van der Waals surface area (Å²) in [6.45, 7) is 8.19. The van der Waals surface area contributed by atoms with E-state index >= 15 is 0 Å². The molecule has 2 aromatic carbocycles. The highest BCUT2D eigenvalue weighted by Crippen LogP contribution is 2.20. The van der Waals surface area contributed by atoms with Crippen LogP contribution in [0.25, 0.3) is 0 Å². The van der Waals surface area contributed by atoms with Crippen molar-refractivity contribution in [1.29, 1.82) is 0 Å². The van der Waals surface area contributed by atoms with Gasteiger partial charge in [-0.3, -0.25) is 9.59 Å². The molecule has 0 aliphatic carbocycles. The van der Waals surface area contributed by atoms with Gasteiger partial charge in [-0.05, 0) is 43.7 Å². The first kappa shape index (κ1) is 17.5. The molecule has 0 aliphatic rings. The summed E-state index contributed by atoms with van der Waals surface area (Å²) in [5.74, 6) is 1.03. The van der Waals surface area contributed by atoms with Gasteiger partial charge in [0.2, 0.25) is 0 Å². The maximum atomic E-state index is 11.1. The summed E-state index contributed by atoms with van der Waals surface area (Å²) < 4.78 is 11.3. The van der Waals surface area contributed by atoms with Gasteiger partial charge in [-0.1, -0.05) is 29.8 Å². The average molecular weight is 324 g/mol. The number of hydrogen-bond donors (Lipinski definition) is 0. The van der Waals surface area contributed by atoms with Gasteiger partial charge in [0.15, 0.2) is 12.6 Å². The molecule has 0 heterocycles. The van der Waals surface area contributed by atoms with Crippen molar-refractivity contribution in [2.45, 2.75) is 13.8 Å². The molecule has 0 aromatic heterocycles. The molecule has 4 nitrogen and oxygen atoms in total. The molecule has 0 radical (unpaired) electrons. The third-order valence-electron chi connectivity index (χ3n) is 3.45. The van der Waals surface area contributed by atoms with Crippen LogP contribution in [0.3, 0.4) is 0 Å². The molecule has 0 amide bonds. The molecule has 0 N–H and O–H groups in total. The van der Waals surface area contributed by atoms with Crippen LogP contribution in [0.2, 0.25) is 0 Å². The van der Waals surface area contributed by atoms with Gasteiger partial charge < -0.3 is 9.47 Å². The Balaban J connectivity index is 1.93. The van der Waals surface area contributed by atoms with E-state index in [4.69, 9.17) is 9.47 Å². The lowest BCUT2D eigenvalue weighted by Crippen LogP contribution is -2.10. The summed E-state index contributed by atoms with van der Waals surface area (Å²) in [5, 5.41) is 0. The zero-order valence-corrected chi connectivity index (χ0v) is 13.9. The molecule has 0 saturated carbocycles. The smallest absolute Gasteiger partial charge is 0.153 e. The molecular weight excluding hydrogens is 304 g/mol. The van der Waals surface area contributed by atoms with E-state index in [1.165, 1.54) is 0 Å². The first-order chi connectivity index (χ1) is 11.5. The Kier molecular flexibility index (Phi) is 5.90. The van der Waals surface area contributed by atoms with Crippen LogP contribution >= 0.6 is 0 Å². The van der Waals surface area contributed by atoms with Gasteiger partial charge in [-0.2, -0.15) is 0 Å². The molecule has 0 spiro atoms. The summed E-state index contributed by atoms with van der Waals surface area (Å²) in [4.78, 5) is 22.1. The average Bonchev–Trinajstić information content (AvgIpc) is 2.59. The van der Waals surface area contributed by atoms with Crippen LogP contribution in [-0.2, 0) is 0 Å². The van der Waals surface area contributed by atoms with E-state index in [1.807, 2.05) is 26.0 Å². The van der Waals surface area contributed by atoms with Crippen LogP contribution in [0.1, 0.15) is 31.8 Å². The van der Waals surface area contributed by atoms with E-state index in [1.54, 1.807) is 24.3 Å². The van der Waals surface area contributed by atoms with Crippen molar-refractivity contribution < 1.29 is 19.1 Å². The molecule has 0 saturated heterocycles. The Hall–Kier alpha value is -2.88. The Morgan fingerprint density at radius 2 is 1.29 bits per heavy atom. The first-order valence-electron chi connectivity index (χ1n) is 7.57. The maximum Gasteiger partial charge on any atom is 0.153 e. The molecule has 2 rings (SSSR count). The topological polar surface area (TPSA) is 52.6 Å². The molecule has 4 heteroatoms. The number of carbonyl (C=O) groups is 2. The SMILES string of the molecule is C=C(COc1ccc(C)cc1C=O)COc1ccc(C)cc1C=O. The number of rotatable bonds is 8. The fourth-order valence-corrected chi connectivity index (χ4v) is 2.18. The van der Waals surface area contributed by atoms with E-state index in [2.05, 4.69) is 6.58 Å². The van der Waals surface area contributed by atoms with Crippen molar-refractivity contribution in [2.24, 2.45) is 0 Å². The minimum atomic E-state index is 0.228. The number of hydrogen-bond acceptors (Lipinski definition) is 4. The molecule has 124 valence electrons. The zero-order chi connectivity index (χ0) is 17.5. The monoisotopic (exact) mass is 324 g/mol. The molecule has 0 fully saturated rings. The van der Waals surface area contributed by atoms with Crippen LogP contribution < -0.4 is 9.47 Å². The van der Waals surface area contributed by atoms with E-state index in [0.29, 0.717) is 28.2 Å². The fraction of sp³-hybridized carbons (Fsp3) is 0.200. The minimum absolute atomic E-state index is 0.228. The fourth-order valence-electron chi connectivity index (χ4n) is 2.18. The number of aryl methyl sites for hydroxylation is 2. The maximum absolute atomic E-state index is 11.1. The normalized spacial score (nSPS) is 10.1. The predicted octanol–water partition coefficient (Wildman–Crippen LogP) is 3.94. The summed E-state index contributed by atoms with van der Waals surface area (Å²) in [5.41, 5.74) is 3.69. The van der Waals surface area contributed by atoms with Crippen LogP contribution in [0, 0.1) is 13.8 Å². The lowest BCUT2D eigenvalue weighted by Gasteiger charge is -2.13. The lowest BCUT2D eigenvalue weighted by molar-refractivity contribution is 0.111. The number of benzene rings is 2. The Labute approximate surface area is 141 Å². The lowest BCUT2D eigenvalue weighted by atomic mass is 10.1. The molecular formula is C20H20O4. The zero-order valence-electron chi connectivity index (χ0n) is 13.9. The third kappa shape index (κ3) is 4.56. The largest absolute Gasteiger partial charge is 0.488 e. The van der Waals surface area contributed by atoms with Gasteiger partial charge in [0.25, 0.3) is 0 Å². The predicted molar refractivity (Wildman–Crippen MR) is 93.3 cm³/mol. The minimum Gasteiger partial charge on any atom is -0.488 e. The van der Waals surface area contributed by atoms with Crippen molar-refractivity contribution in [1.82, 2.24) is 0 Å². The van der Waals surface area contributed by atoms with Crippen LogP contribution in [0.4, 0.5) is 0 Å². The number of carbonyl (C=O) groups excluding carboxylic acids is 2. The quantitative estimate of drug-likeness (QED) is 0.545. The van der Waals surface area contributed by atoms with Gasteiger partial charge in [-0.15, -0.1) is 0 Å². The van der Waals surface area contributed by atoms with E-state index < -0.39 is 0 Å². The van der Waals surface area contributed by atoms with Gasteiger partial charge in [0, 0.05) is 0 Å². The molecule has 0 bridgehead atoms. The molecule has 0 atom stereocenters. The Morgan fingerprint density at radius 3 is 1.67 bits per heavy atom. The Morgan fingerprint density at radius 1 is 0.875 bits per heavy atom. The second kappa shape index (κ2) is 8.11. The first-order valence-corrected chi connectivity index (χ1v) is 7.57. The summed E-state index contributed by atoms with van der Waals surface area (Å²) >= 11 is 0. The number of ether oxygens (including phenoxy) is 2. The van der Waals surface area contributed by atoms with Crippen molar-refractivity contribution in [2.75, 3.05) is 13.2 Å². The second-order valence-corrected chi connectivity index (χ2v) is 5.65. The van der Waals surface area contributed by atoms with E-state index in [-0.39, 0.29) is 13.2 Å². The highest BCUT2D eigenvalue weighted by Gasteiger charge is 2.07. The highest BCUT2D eigenvalue weighted by molar-refractivity contribution is 5.80. The van der Waals surface area contributed by atoms with Crippen molar-refractivity contribution >= 4 is 12.6 Å². The molecule has 2 aromatic rings. The van der Waals surface area contributed by atoms with Gasteiger partial charge in [0.05, 0.1) is 11.1 Å². The van der Waals surface area contributed by atoms with Crippen LogP contribution in [0.15, 0.2) is 48.6 Å². The highest BCUT2D eigenvalue weighted by atomic mass is 16.5. The molecule has 0 unspecified atom stereocenters. The van der Waals surface area contributed by atoms with Gasteiger partial charge >= 0.3 is 0 Å². The van der Waals surface area contributed by atoms with Gasteiger partial charge in [0.1, 0.15) is 24.7 Å². The van der Waals surface area contributed by atoms with Crippen molar-refractivity contribution in [3.63, 3.8) is 0 Å². The van der Waals surface area contributed by atoms with E-state index in [0.717, 1.165) is 23.7 Å². The second-order valence-electron chi connectivity index (χ2n) is 5.65. The van der Waals surface area contributed by atoms with Gasteiger partial charge in [-0.25, -0.2) is 0 Å². The summed E-state index contributed by atoms with van der Waals surface area (Å²) in [6, 6.07) is 10.8. The van der Waals surface area contributed by atoms with Crippen LogP contribution in [-0.4, -0.2) is 25.8 Å². The van der Waals surface area contributed by atoms with Crippen molar-refractivity contribution in [3.05, 3.63) is 70.8 Å². The van der Waals surface area contributed by atoms with Crippen molar-refractivity contribution in [3.8, 4) is 11.5 Å². The third-order valence-corrected chi connectivity index (χ3v) is 3.45. The van der Waals surface area contributed by atoms with Crippen LogP contribution in [0.5, 0.6) is 11.5 Å². The Bertz CT molecular complexity index is 699. The molecule has 24 heavy (non-hydrogen) atoms. The standard InChI is InChI=1S/C20H20O4/c1-14-4-6-19(17(8-14)10-21)23-12-16(3)13-24-20-7-5-15(2)9-18(20)11-22/h4-11H,3,12-13H2,1-2H3. The number of aldehydes is 2. The molecule has 0 aliphatic heterocycles.